The number of guanidine groups is 1. The van der Waals surface area contributed by atoms with Crippen molar-refractivity contribution in [3.05, 3.63) is 59.1 Å². The molecule has 136 valence electrons. The molecule has 0 aliphatic carbocycles. The lowest BCUT2D eigenvalue weighted by atomic mass is 10.1. The summed E-state index contributed by atoms with van der Waals surface area (Å²) in [4.78, 5) is 8.92. The van der Waals surface area contributed by atoms with Crippen molar-refractivity contribution in [2.75, 3.05) is 13.1 Å². The highest BCUT2D eigenvalue weighted by Crippen LogP contribution is 2.14. The van der Waals surface area contributed by atoms with Gasteiger partial charge in [0.2, 0.25) is 5.82 Å². The minimum atomic E-state index is 0.393. The summed E-state index contributed by atoms with van der Waals surface area (Å²) in [5.41, 5.74) is 1.22. The molecular formula is C18H21ClN6O. The van der Waals surface area contributed by atoms with Gasteiger partial charge >= 0.3 is 0 Å². The topological polar surface area (TPSA) is 91.1 Å². The van der Waals surface area contributed by atoms with Gasteiger partial charge in [-0.2, -0.15) is 0 Å². The number of hydrogen-bond donors (Lipinski definition) is 3. The molecule has 0 spiro atoms. The predicted molar refractivity (Wildman–Crippen MR) is 102 cm³/mol. The van der Waals surface area contributed by atoms with Crippen LogP contribution in [-0.2, 0) is 13.0 Å². The van der Waals surface area contributed by atoms with Gasteiger partial charge in [0, 0.05) is 18.1 Å². The van der Waals surface area contributed by atoms with Gasteiger partial charge in [0.25, 0.3) is 0 Å². The molecule has 0 unspecified atom stereocenters. The Morgan fingerprint density at radius 3 is 2.81 bits per heavy atom. The van der Waals surface area contributed by atoms with Crippen LogP contribution in [0.4, 0.5) is 0 Å². The highest BCUT2D eigenvalue weighted by molar-refractivity contribution is 6.30. The van der Waals surface area contributed by atoms with Crippen LogP contribution in [0.2, 0.25) is 5.02 Å². The second-order valence-electron chi connectivity index (χ2n) is 5.58. The molecule has 0 radical (unpaired) electrons. The first kappa shape index (κ1) is 18.0. The maximum absolute atomic E-state index is 5.91. The minimum Gasteiger partial charge on any atom is -0.461 e. The zero-order valence-electron chi connectivity index (χ0n) is 14.5. The molecule has 0 aliphatic heterocycles. The van der Waals surface area contributed by atoms with Gasteiger partial charge in [0.05, 0.1) is 6.26 Å². The van der Waals surface area contributed by atoms with Crippen molar-refractivity contribution < 1.29 is 4.42 Å². The molecule has 0 atom stereocenters. The zero-order chi connectivity index (χ0) is 18.2. The van der Waals surface area contributed by atoms with Crippen LogP contribution < -0.4 is 10.6 Å². The summed E-state index contributed by atoms with van der Waals surface area (Å²) in [7, 11) is 0. The molecule has 0 saturated carbocycles. The lowest BCUT2D eigenvalue weighted by molar-refractivity contribution is 0.577. The molecule has 2 heterocycles. The number of hydrogen-bond acceptors (Lipinski definition) is 4. The van der Waals surface area contributed by atoms with E-state index >= 15 is 0 Å². The van der Waals surface area contributed by atoms with Crippen molar-refractivity contribution >= 4 is 17.6 Å². The van der Waals surface area contributed by atoms with Gasteiger partial charge in [-0.1, -0.05) is 23.7 Å². The fourth-order valence-corrected chi connectivity index (χ4v) is 2.48. The summed E-state index contributed by atoms with van der Waals surface area (Å²) in [6.45, 7) is 3.96. The lowest BCUT2D eigenvalue weighted by Crippen LogP contribution is -2.38. The molecule has 0 fully saturated rings. The van der Waals surface area contributed by atoms with Gasteiger partial charge < -0.3 is 15.1 Å². The van der Waals surface area contributed by atoms with E-state index in [0.29, 0.717) is 24.0 Å². The second kappa shape index (κ2) is 9.05. The molecule has 8 heteroatoms. The standard InChI is InChI=1S/C18H21ClN6O/c1-2-20-18(21-10-9-13-5-7-14(19)8-6-13)22-12-16-23-17(25-24-16)15-4-3-11-26-15/h3-8,11H,2,9-10,12H2,1H3,(H2,20,21,22)(H,23,24,25). The van der Waals surface area contributed by atoms with Gasteiger partial charge in [-0.15, -0.1) is 5.10 Å². The van der Waals surface area contributed by atoms with E-state index < -0.39 is 0 Å². The first-order valence-electron chi connectivity index (χ1n) is 8.46. The molecule has 3 N–H and O–H groups in total. The zero-order valence-corrected chi connectivity index (χ0v) is 15.3. The molecule has 3 rings (SSSR count). The van der Waals surface area contributed by atoms with E-state index in [1.54, 1.807) is 12.3 Å². The van der Waals surface area contributed by atoms with E-state index in [0.717, 1.165) is 30.5 Å². The monoisotopic (exact) mass is 372 g/mol. The van der Waals surface area contributed by atoms with Gasteiger partial charge in [0.15, 0.2) is 11.7 Å². The molecule has 2 aromatic heterocycles. The van der Waals surface area contributed by atoms with Crippen molar-refractivity contribution in [1.29, 1.82) is 0 Å². The second-order valence-corrected chi connectivity index (χ2v) is 6.02. The third kappa shape index (κ3) is 5.10. The maximum Gasteiger partial charge on any atom is 0.216 e. The summed E-state index contributed by atoms with van der Waals surface area (Å²) >= 11 is 5.91. The Bertz CT molecular complexity index is 826. The summed E-state index contributed by atoms with van der Waals surface area (Å²) in [6.07, 6.45) is 2.48. The highest BCUT2D eigenvalue weighted by atomic mass is 35.5. The summed E-state index contributed by atoms with van der Waals surface area (Å²) < 4.78 is 5.29. The highest BCUT2D eigenvalue weighted by Gasteiger charge is 2.08. The molecule has 0 amide bonds. The Morgan fingerprint density at radius 1 is 1.23 bits per heavy atom. The fourth-order valence-electron chi connectivity index (χ4n) is 2.35. The minimum absolute atomic E-state index is 0.393. The van der Waals surface area contributed by atoms with Crippen LogP contribution in [0.1, 0.15) is 18.3 Å². The van der Waals surface area contributed by atoms with E-state index in [2.05, 4.69) is 30.8 Å². The van der Waals surface area contributed by atoms with Crippen LogP contribution in [0, 0.1) is 0 Å². The Morgan fingerprint density at radius 2 is 2.08 bits per heavy atom. The first-order valence-corrected chi connectivity index (χ1v) is 8.84. The van der Waals surface area contributed by atoms with E-state index in [4.69, 9.17) is 16.0 Å². The normalized spacial score (nSPS) is 11.5. The van der Waals surface area contributed by atoms with Crippen molar-refractivity contribution in [3.63, 3.8) is 0 Å². The van der Waals surface area contributed by atoms with Crippen LogP contribution in [0.25, 0.3) is 11.6 Å². The molecule has 7 nitrogen and oxygen atoms in total. The number of nitrogens with one attached hydrogen (secondary N) is 3. The third-order valence-corrected chi connectivity index (χ3v) is 3.88. The molecule has 3 aromatic rings. The maximum atomic E-state index is 5.91. The number of aliphatic imine (C=N–C) groups is 1. The molecule has 0 saturated heterocycles. The lowest BCUT2D eigenvalue weighted by Gasteiger charge is -2.11. The van der Waals surface area contributed by atoms with E-state index in [1.165, 1.54) is 5.56 Å². The Labute approximate surface area is 156 Å². The van der Waals surface area contributed by atoms with Gasteiger partial charge in [-0.05, 0) is 43.2 Å². The van der Waals surface area contributed by atoms with Crippen LogP contribution >= 0.6 is 11.6 Å². The predicted octanol–water partition coefficient (Wildman–Crippen LogP) is 3.02. The average Bonchev–Trinajstić information content (AvgIpc) is 3.33. The van der Waals surface area contributed by atoms with Crippen LogP contribution in [0.3, 0.4) is 0 Å². The molecular weight excluding hydrogens is 352 g/mol. The van der Waals surface area contributed by atoms with Gasteiger partial charge in [-0.3, -0.25) is 5.10 Å². The van der Waals surface area contributed by atoms with E-state index in [9.17, 15) is 0 Å². The molecule has 0 bridgehead atoms. The first-order chi connectivity index (χ1) is 12.7. The molecule has 1 aromatic carbocycles. The van der Waals surface area contributed by atoms with Crippen LogP contribution in [-0.4, -0.2) is 34.2 Å². The third-order valence-electron chi connectivity index (χ3n) is 3.62. The molecule has 0 aliphatic rings. The van der Waals surface area contributed by atoms with Crippen LogP contribution in [0.5, 0.6) is 0 Å². The fraction of sp³-hybridized carbons (Fsp3) is 0.278. The number of aromatic amines is 1. The van der Waals surface area contributed by atoms with Crippen molar-refractivity contribution in [2.45, 2.75) is 19.9 Å². The van der Waals surface area contributed by atoms with Gasteiger partial charge in [-0.25, -0.2) is 9.98 Å². The van der Waals surface area contributed by atoms with E-state index in [1.807, 2.05) is 37.3 Å². The van der Waals surface area contributed by atoms with Crippen molar-refractivity contribution in [2.24, 2.45) is 4.99 Å². The Kier molecular flexibility index (Phi) is 6.27. The Balaban J connectivity index is 1.54. The van der Waals surface area contributed by atoms with Crippen molar-refractivity contribution in [1.82, 2.24) is 25.8 Å². The number of nitrogens with zero attached hydrogens (tertiary/aromatic N) is 3. The van der Waals surface area contributed by atoms with Crippen molar-refractivity contribution in [3.8, 4) is 11.6 Å². The largest absolute Gasteiger partial charge is 0.461 e. The number of H-pyrrole nitrogens is 1. The summed E-state index contributed by atoms with van der Waals surface area (Å²) in [6, 6.07) is 11.5. The Hall–Kier alpha value is -2.80. The number of rotatable bonds is 7. The SMILES string of the molecule is CCNC(=NCc1nc(-c2ccco2)n[nH]1)NCCc1ccc(Cl)cc1. The van der Waals surface area contributed by atoms with Crippen LogP contribution in [0.15, 0.2) is 52.1 Å². The smallest absolute Gasteiger partial charge is 0.216 e. The number of benzene rings is 1. The van der Waals surface area contributed by atoms with Gasteiger partial charge in [0.1, 0.15) is 12.4 Å². The summed E-state index contributed by atoms with van der Waals surface area (Å²) in [5.74, 6) is 2.56. The molecule has 26 heavy (non-hydrogen) atoms. The number of halogens is 1. The summed E-state index contributed by atoms with van der Waals surface area (Å²) in [5, 5.41) is 14.3. The number of aromatic nitrogens is 3. The number of furan rings is 1. The quantitative estimate of drug-likeness (QED) is 0.438. The van der Waals surface area contributed by atoms with E-state index in [-0.39, 0.29) is 0 Å². The average molecular weight is 373 g/mol.